The molecule has 4 rings (SSSR count). The highest BCUT2D eigenvalue weighted by Crippen LogP contribution is 2.53. The predicted molar refractivity (Wildman–Crippen MR) is 103 cm³/mol. The zero-order chi connectivity index (χ0) is 16.2. The molecule has 1 heteroatoms. The zero-order valence-electron chi connectivity index (χ0n) is 14.4. The van der Waals surface area contributed by atoms with Crippen molar-refractivity contribution in [2.24, 2.45) is 5.41 Å². The summed E-state index contributed by atoms with van der Waals surface area (Å²) in [6.45, 7) is 7.09. The number of fused-ring (bicyclic) bond motifs is 1. The third-order valence-corrected chi connectivity index (χ3v) is 7.04. The lowest BCUT2D eigenvalue weighted by Crippen LogP contribution is -2.23. The van der Waals surface area contributed by atoms with Crippen molar-refractivity contribution in [1.82, 2.24) is 0 Å². The third-order valence-electron chi connectivity index (χ3n) is 6.00. The van der Waals surface area contributed by atoms with E-state index in [-0.39, 0.29) is 5.41 Å². The molecule has 0 heterocycles. The second kappa shape index (κ2) is 5.48. The second-order valence-electron chi connectivity index (χ2n) is 7.79. The molecule has 0 saturated heterocycles. The molecule has 0 saturated carbocycles. The Morgan fingerprint density at radius 3 is 2.65 bits per heavy atom. The van der Waals surface area contributed by atoms with E-state index in [0.717, 1.165) is 6.42 Å². The van der Waals surface area contributed by atoms with E-state index in [0.29, 0.717) is 4.83 Å². The lowest BCUT2D eigenvalue weighted by Gasteiger charge is -2.35. The lowest BCUT2D eigenvalue weighted by atomic mass is 9.70. The monoisotopic (exact) mass is 368 g/mol. The summed E-state index contributed by atoms with van der Waals surface area (Å²) >= 11 is 4.02. The van der Waals surface area contributed by atoms with E-state index >= 15 is 0 Å². The standard InChI is InChI=1S/C22H25Br/c1-14-12-19-18(13-15-8-4-7-11-17(15)21(19)23)20(14)22(2,3)16-9-5-6-10-16/h5-6,9,12-13,21H,4,7-8,10-11H2,1-3H3. The van der Waals surface area contributed by atoms with Gasteiger partial charge in [-0.05, 0) is 72.5 Å². The highest BCUT2D eigenvalue weighted by molar-refractivity contribution is 9.09. The Kier molecular flexibility index (Phi) is 3.68. The molecule has 0 nitrogen and oxygen atoms in total. The van der Waals surface area contributed by atoms with Gasteiger partial charge in [-0.1, -0.05) is 65.7 Å². The summed E-state index contributed by atoms with van der Waals surface area (Å²) in [5.74, 6) is 0. The second-order valence-corrected chi connectivity index (χ2v) is 8.70. The molecule has 1 unspecified atom stereocenters. The maximum absolute atomic E-state index is 4.02. The molecule has 0 aromatic carbocycles. The van der Waals surface area contributed by atoms with E-state index in [4.69, 9.17) is 0 Å². The van der Waals surface area contributed by atoms with Crippen molar-refractivity contribution in [3.05, 3.63) is 69.4 Å². The van der Waals surface area contributed by atoms with Crippen LogP contribution in [-0.4, -0.2) is 4.83 Å². The van der Waals surface area contributed by atoms with Crippen molar-refractivity contribution < 1.29 is 0 Å². The number of alkyl halides is 1. The van der Waals surface area contributed by atoms with Crippen LogP contribution in [0.25, 0.3) is 0 Å². The van der Waals surface area contributed by atoms with Crippen LogP contribution >= 0.6 is 15.9 Å². The van der Waals surface area contributed by atoms with Gasteiger partial charge in [0, 0.05) is 5.41 Å². The van der Waals surface area contributed by atoms with Crippen LogP contribution in [0.4, 0.5) is 0 Å². The zero-order valence-corrected chi connectivity index (χ0v) is 16.0. The topological polar surface area (TPSA) is 0 Å². The SMILES string of the molecule is CC1=C(C(C)(C)C2=CC=CC2)C2=CC3=C(CCCC3)C(Br)C2=C1. The smallest absolute Gasteiger partial charge is 0.0616 e. The quantitative estimate of drug-likeness (QED) is 0.474. The molecular weight excluding hydrogens is 344 g/mol. The van der Waals surface area contributed by atoms with Gasteiger partial charge in [0.15, 0.2) is 0 Å². The van der Waals surface area contributed by atoms with Crippen LogP contribution in [-0.2, 0) is 0 Å². The van der Waals surface area contributed by atoms with Gasteiger partial charge in [-0.15, -0.1) is 0 Å². The maximum atomic E-state index is 4.02. The van der Waals surface area contributed by atoms with Crippen LogP contribution in [0.5, 0.6) is 0 Å². The maximum Gasteiger partial charge on any atom is 0.0616 e. The highest BCUT2D eigenvalue weighted by atomic mass is 79.9. The minimum absolute atomic E-state index is 0.108. The van der Waals surface area contributed by atoms with Crippen LogP contribution < -0.4 is 0 Å². The largest absolute Gasteiger partial charge is 0.0804 e. The molecule has 0 N–H and O–H groups in total. The minimum Gasteiger partial charge on any atom is -0.0804 e. The number of halogens is 1. The van der Waals surface area contributed by atoms with Crippen LogP contribution in [0, 0.1) is 5.41 Å². The highest BCUT2D eigenvalue weighted by Gasteiger charge is 2.39. The van der Waals surface area contributed by atoms with Gasteiger partial charge in [-0.2, -0.15) is 0 Å². The van der Waals surface area contributed by atoms with Crippen molar-refractivity contribution in [3.63, 3.8) is 0 Å². The molecule has 23 heavy (non-hydrogen) atoms. The molecule has 120 valence electrons. The Morgan fingerprint density at radius 2 is 1.91 bits per heavy atom. The minimum atomic E-state index is 0.108. The van der Waals surface area contributed by atoms with E-state index in [1.54, 1.807) is 16.7 Å². The predicted octanol–water partition coefficient (Wildman–Crippen LogP) is 6.73. The van der Waals surface area contributed by atoms with E-state index < -0.39 is 0 Å². The van der Waals surface area contributed by atoms with Gasteiger partial charge in [-0.25, -0.2) is 0 Å². The van der Waals surface area contributed by atoms with Crippen LogP contribution in [0.15, 0.2) is 69.4 Å². The first kappa shape index (κ1) is 15.4. The number of hydrogen-bond donors (Lipinski definition) is 0. The molecule has 0 spiro atoms. The number of rotatable bonds is 2. The molecule has 4 aliphatic carbocycles. The summed E-state index contributed by atoms with van der Waals surface area (Å²) in [5, 5.41) is 0. The molecule has 0 aliphatic heterocycles. The summed E-state index contributed by atoms with van der Waals surface area (Å²) < 4.78 is 0. The molecule has 0 aromatic rings. The van der Waals surface area contributed by atoms with Gasteiger partial charge in [0.25, 0.3) is 0 Å². The van der Waals surface area contributed by atoms with E-state index in [2.05, 4.69) is 67.1 Å². The normalized spacial score (nSPS) is 27.0. The molecule has 1 atom stereocenters. The lowest BCUT2D eigenvalue weighted by molar-refractivity contribution is 0.535. The van der Waals surface area contributed by atoms with Crippen molar-refractivity contribution >= 4 is 15.9 Å². The summed E-state index contributed by atoms with van der Waals surface area (Å²) in [4.78, 5) is 0.428. The van der Waals surface area contributed by atoms with Gasteiger partial charge >= 0.3 is 0 Å². The fraction of sp³-hybridized carbons (Fsp3) is 0.455. The van der Waals surface area contributed by atoms with Gasteiger partial charge in [-0.3, -0.25) is 0 Å². The summed E-state index contributed by atoms with van der Waals surface area (Å²) in [7, 11) is 0. The Bertz CT molecular complexity index is 747. The Morgan fingerprint density at radius 1 is 1.13 bits per heavy atom. The fourth-order valence-electron chi connectivity index (χ4n) is 4.77. The molecule has 0 aromatic heterocycles. The molecule has 0 fully saturated rings. The number of allylic oxidation sites excluding steroid dienone is 12. The van der Waals surface area contributed by atoms with E-state index in [1.165, 1.54) is 48.0 Å². The summed E-state index contributed by atoms with van der Waals surface area (Å²) in [5.41, 5.74) is 10.9. The Labute approximate surface area is 148 Å². The fourth-order valence-corrected chi connectivity index (χ4v) is 5.68. The first-order valence-corrected chi connectivity index (χ1v) is 9.79. The number of hydrogen-bond acceptors (Lipinski definition) is 0. The van der Waals surface area contributed by atoms with Crippen molar-refractivity contribution in [2.45, 2.75) is 57.7 Å². The molecule has 4 aliphatic rings. The summed E-state index contributed by atoms with van der Waals surface area (Å²) in [6, 6.07) is 0. The van der Waals surface area contributed by atoms with Crippen molar-refractivity contribution in [2.75, 3.05) is 0 Å². The average molecular weight is 369 g/mol. The van der Waals surface area contributed by atoms with Crippen molar-refractivity contribution in [1.29, 1.82) is 0 Å². The molecule has 0 amide bonds. The van der Waals surface area contributed by atoms with E-state index in [9.17, 15) is 0 Å². The third kappa shape index (κ3) is 2.31. The van der Waals surface area contributed by atoms with Crippen molar-refractivity contribution in [3.8, 4) is 0 Å². The van der Waals surface area contributed by atoms with E-state index in [1.807, 2.05) is 0 Å². The molecule has 0 bridgehead atoms. The van der Waals surface area contributed by atoms with Crippen LogP contribution in [0.3, 0.4) is 0 Å². The first-order valence-electron chi connectivity index (χ1n) is 8.87. The van der Waals surface area contributed by atoms with Gasteiger partial charge in [0.05, 0.1) is 4.83 Å². The van der Waals surface area contributed by atoms with Gasteiger partial charge < -0.3 is 0 Å². The average Bonchev–Trinajstić information content (AvgIpc) is 3.15. The molecule has 0 radical (unpaired) electrons. The van der Waals surface area contributed by atoms with Gasteiger partial charge in [0.2, 0.25) is 0 Å². The first-order chi connectivity index (χ1) is 11.0. The van der Waals surface area contributed by atoms with Crippen LogP contribution in [0.1, 0.15) is 52.9 Å². The Hall–Kier alpha value is -1.08. The van der Waals surface area contributed by atoms with Crippen LogP contribution in [0.2, 0.25) is 0 Å². The Balaban J connectivity index is 1.80. The molecular formula is C22H25Br. The summed E-state index contributed by atoms with van der Waals surface area (Å²) in [6.07, 6.45) is 18.1. The van der Waals surface area contributed by atoms with Gasteiger partial charge in [0.1, 0.15) is 0 Å².